The third-order valence-corrected chi connectivity index (χ3v) is 3.67. The number of ether oxygens (including phenoxy) is 5. The lowest BCUT2D eigenvalue weighted by Crippen LogP contribution is -2.15. The van der Waals surface area contributed by atoms with Crippen LogP contribution in [0.4, 0.5) is 0 Å². The molecule has 0 N–H and O–H groups in total. The van der Waals surface area contributed by atoms with E-state index in [0.717, 1.165) is 12.8 Å². The Labute approximate surface area is 157 Å². The number of unbranched alkanes of at least 4 members (excludes halogenated alkanes) is 6. The molecule has 7 nitrogen and oxygen atoms in total. The number of carbonyl (C=O) groups excluding carboxylic acids is 2. The van der Waals surface area contributed by atoms with Gasteiger partial charge in [0.1, 0.15) is 13.2 Å². The van der Waals surface area contributed by atoms with E-state index >= 15 is 0 Å². The molecular formula is C19H36O7. The van der Waals surface area contributed by atoms with E-state index in [-0.39, 0.29) is 19.2 Å². The molecule has 0 bridgehead atoms. The minimum atomic E-state index is -0.408. The fraction of sp³-hybridized carbons (Fsp3) is 0.895. The molecule has 0 saturated heterocycles. The standard InChI is InChI=1S/C19H36O7/c1-3-4-5-6-7-8-9-10-18(20)26-16-15-24-12-11-23-13-14-25-17-19(21)22-2/h3-17H2,1-2H3. The molecule has 26 heavy (non-hydrogen) atoms. The molecule has 0 aliphatic heterocycles. The first-order chi connectivity index (χ1) is 12.7. The lowest BCUT2D eigenvalue weighted by Gasteiger charge is -2.07. The predicted octanol–water partition coefficient (Wildman–Crippen LogP) is 2.89. The summed E-state index contributed by atoms with van der Waals surface area (Å²) in [5.74, 6) is -0.559. The summed E-state index contributed by atoms with van der Waals surface area (Å²) in [5, 5.41) is 0. The number of hydrogen-bond donors (Lipinski definition) is 0. The highest BCUT2D eigenvalue weighted by atomic mass is 16.6. The zero-order valence-corrected chi connectivity index (χ0v) is 16.5. The molecule has 0 aliphatic carbocycles. The Kier molecular flexibility index (Phi) is 19.2. The van der Waals surface area contributed by atoms with Crippen molar-refractivity contribution in [3.63, 3.8) is 0 Å². The van der Waals surface area contributed by atoms with Crippen LogP contribution in [0.1, 0.15) is 58.3 Å². The average Bonchev–Trinajstić information content (AvgIpc) is 2.65. The maximum atomic E-state index is 11.5. The summed E-state index contributed by atoms with van der Waals surface area (Å²) in [6, 6.07) is 0. The normalized spacial score (nSPS) is 10.7. The topological polar surface area (TPSA) is 80.3 Å². The molecule has 0 rings (SSSR count). The number of carbonyl (C=O) groups is 2. The lowest BCUT2D eigenvalue weighted by atomic mass is 10.1. The van der Waals surface area contributed by atoms with Crippen LogP contribution in [0.3, 0.4) is 0 Å². The van der Waals surface area contributed by atoms with Crippen LogP contribution in [0, 0.1) is 0 Å². The first-order valence-corrected chi connectivity index (χ1v) is 9.66. The molecule has 0 radical (unpaired) electrons. The van der Waals surface area contributed by atoms with Crippen molar-refractivity contribution in [2.75, 3.05) is 53.4 Å². The first kappa shape index (κ1) is 24.8. The van der Waals surface area contributed by atoms with Gasteiger partial charge in [-0.15, -0.1) is 0 Å². The van der Waals surface area contributed by atoms with Crippen molar-refractivity contribution in [1.29, 1.82) is 0 Å². The summed E-state index contributed by atoms with van der Waals surface area (Å²) >= 11 is 0. The molecule has 0 fully saturated rings. The number of methoxy groups -OCH3 is 1. The molecule has 154 valence electrons. The third kappa shape index (κ3) is 19.1. The van der Waals surface area contributed by atoms with Crippen LogP contribution in [-0.4, -0.2) is 65.3 Å². The minimum absolute atomic E-state index is 0.0689. The van der Waals surface area contributed by atoms with Crippen molar-refractivity contribution in [2.45, 2.75) is 58.3 Å². The van der Waals surface area contributed by atoms with E-state index in [1.807, 2.05) is 0 Å². The molecule has 0 aliphatic rings. The van der Waals surface area contributed by atoms with Gasteiger partial charge in [0.2, 0.25) is 0 Å². The van der Waals surface area contributed by atoms with Crippen molar-refractivity contribution in [3.05, 3.63) is 0 Å². The van der Waals surface area contributed by atoms with Gasteiger partial charge in [0.15, 0.2) is 0 Å². The SMILES string of the molecule is CCCCCCCCCC(=O)OCCOCCOCCOCC(=O)OC. The van der Waals surface area contributed by atoms with Gasteiger partial charge < -0.3 is 23.7 Å². The quantitative estimate of drug-likeness (QED) is 0.253. The van der Waals surface area contributed by atoms with Crippen LogP contribution in [0.2, 0.25) is 0 Å². The highest BCUT2D eigenvalue weighted by Gasteiger charge is 2.02. The van der Waals surface area contributed by atoms with Gasteiger partial charge in [0.05, 0.1) is 40.1 Å². The molecule has 0 spiro atoms. The smallest absolute Gasteiger partial charge is 0.331 e. The summed E-state index contributed by atoms with van der Waals surface area (Å²) in [6.45, 7) is 4.33. The predicted molar refractivity (Wildman–Crippen MR) is 98.0 cm³/mol. The van der Waals surface area contributed by atoms with Crippen molar-refractivity contribution in [2.24, 2.45) is 0 Å². The van der Waals surface area contributed by atoms with E-state index < -0.39 is 5.97 Å². The molecule has 0 aromatic rings. The van der Waals surface area contributed by atoms with Crippen molar-refractivity contribution >= 4 is 11.9 Å². The van der Waals surface area contributed by atoms with Crippen molar-refractivity contribution in [1.82, 2.24) is 0 Å². The van der Waals surface area contributed by atoms with E-state index in [4.69, 9.17) is 18.9 Å². The third-order valence-electron chi connectivity index (χ3n) is 3.67. The van der Waals surface area contributed by atoms with Crippen LogP contribution in [0.5, 0.6) is 0 Å². The van der Waals surface area contributed by atoms with Gasteiger partial charge in [-0.2, -0.15) is 0 Å². The van der Waals surface area contributed by atoms with E-state index in [9.17, 15) is 9.59 Å². The monoisotopic (exact) mass is 376 g/mol. The van der Waals surface area contributed by atoms with Crippen LogP contribution in [0.25, 0.3) is 0 Å². The Bertz CT molecular complexity index is 334. The molecule has 0 aromatic heterocycles. The molecule has 0 aromatic carbocycles. The second kappa shape index (κ2) is 20.1. The maximum Gasteiger partial charge on any atom is 0.331 e. The van der Waals surface area contributed by atoms with E-state index in [2.05, 4.69) is 11.7 Å². The average molecular weight is 376 g/mol. The first-order valence-electron chi connectivity index (χ1n) is 9.66. The Hall–Kier alpha value is -1.18. The van der Waals surface area contributed by atoms with Gasteiger partial charge in [0, 0.05) is 6.42 Å². The second-order valence-electron chi connectivity index (χ2n) is 5.95. The Balaban J connectivity index is 3.17. The molecule has 0 heterocycles. The van der Waals surface area contributed by atoms with Gasteiger partial charge >= 0.3 is 11.9 Å². The Morgan fingerprint density at radius 1 is 0.654 bits per heavy atom. The van der Waals surface area contributed by atoms with Gasteiger partial charge in [-0.25, -0.2) is 4.79 Å². The van der Waals surface area contributed by atoms with Crippen LogP contribution < -0.4 is 0 Å². The largest absolute Gasteiger partial charge is 0.467 e. The van der Waals surface area contributed by atoms with Gasteiger partial charge in [0.25, 0.3) is 0 Å². The minimum Gasteiger partial charge on any atom is -0.467 e. The summed E-state index contributed by atoms with van der Waals surface area (Å²) in [7, 11) is 1.31. The molecule has 0 amide bonds. The molecule has 0 saturated carbocycles. The van der Waals surface area contributed by atoms with Crippen molar-refractivity contribution < 1.29 is 33.3 Å². The Morgan fingerprint density at radius 2 is 1.19 bits per heavy atom. The van der Waals surface area contributed by atoms with Gasteiger partial charge in [-0.1, -0.05) is 45.4 Å². The second-order valence-corrected chi connectivity index (χ2v) is 5.95. The summed E-state index contributed by atoms with van der Waals surface area (Å²) in [6.07, 6.45) is 8.79. The number of rotatable bonds is 19. The van der Waals surface area contributed by atoms with Crippen molar-refractivity contribution in [3.8, 4) is 0 Å². The summed E-state index contributed by atoms with van der Waals surface area (Å²) < 4.78 is 25.1. The highest BCUT2D eigenvalue weighted by molar-refractivity contribution is 5.70. The van der Waals surface area contributed by atoms with E-state index in [1.54, 1.807) is 0 Å². The number of esters is 2. The van der Waals surface area contributed by atoms with Gasteiger partial charge in [-0.05, 0) is 6.42 Å². The Morgan fingerprint density at radius 3 is 1.81 bits per heavy atom. The fourth-order valence-corrected chi connectivity index (χ4v) is 2.17. The van der Waals surface area contributed by atoms with Crippen LogP contribution >= 0.6 is 0 Å². The maximum absolute atomic E-state index is 11.5. The van der Waals surface area contributed by atoms with Crippen LogP contribution in [-0.2, 0) is 33.3 Å². The van der Waals surface area contributed by atoms with E-state index in [0.29, 0.717) is 39.5 Å². The fourth-order valence-electron chi connectivity index (χ4n) is 2.17. The van der Waals surface area contributed by atoms with Gasteiger partial charge in [-0.3, -0.25) is 4.79 Å². The molecular weight excluding hydrogens is 340 g/mol. The lowest BCUT2D eigenvalue weighted by molar-refractivity contribution is -0.146. The highest BCUT2D eigenvalue weighted by Crippen LogP contribution is 2.08. The zero-order valence-electron chi connectivity index (χ0n) is 16.5. The number of hydrogen-bond acceptors (Lipinski definition) is 7. The zero-order chi connectivity index (χ0) is 19.3. The molecule has 7 heteroatoms. The van der Waals surface area contributed by atoms with E-state index in [1.165, 1.54) is 39.2 Å². The summed E-state index contributed by atoms with van der Waals surface area (Å²) in [5.41, 5.74) is 0. The summed E-state index contributed by atoms with van der Waals surface area (Å²) in [4.78, 5) is 22.3. The molecule has 0 unspecified atom stereocenters. The molecule has 0 atom stereocenters. The van der Waals surface area contributed by atoms with Crippen LogP contribution in [0.15, 0.2) is 0 Å².